The first-order chi connectivity index (χ1) is 11.3. The fourth-order valence-electron chi connectivity index (χ4n) is 3.02. The second-order valence-electron chi connectivity index (χ2n) is 5.73. The van der Waals surface area contributed by atoms with Gasteiger partial charge in [0.1, 0.15) is 0 Å². The number of fused-ring (bicyclic) bond motifs is 1. The van der Waals surface area contributed by atoms with Gasteiger partial charge in [0.05, 0.1) is 22.3 Å². The van der Waals surface area contributed by atoms with Gasteiger partial charge in [-0.3, -0.25) is 9.59 Å². The Morgan fingerprint density at radius 2 is 1.83 bits per heavy atom. The van der Waals surface area contributed by atoms with Crippen LogP contribution in [-0.4, -0.2) is 35.6 Å². The third kappa shape index (κ3) is 2.65. The molecule has 1 atom stereocenters. The van der Waals surface area contributed by atoms with Crippen molar-refractivity contribution in [3.63, 3.8) is 0 Å². The van der Waals surface area contributed by atoms with Crippen LogP contribution in [0.1, 0.15) is 41.0 Å². The molecular weight excluding hydrogens is 330 g/mol. The standard InChI is InChI=1S/C17H17NO5S/c1-2-24(22,23)12-5-3-11(4-6-12)16(19)15-8-7-14-13(17(20)21)9-10-18(14)15/h3-8,13H,2,9-10H2,1H3,(H,20,21). The van der Waals surface area contributed by atoms with Crippen LogP contribution in [0, 0.1) is 0 Å². The van der Waals surface area contributed by atoms with E-state index in [1.807, 2.05) is 0 Å². The topological polar surface area (TPSA) is 93.4 Å². The molecule has 6 nitrogen and oxygen atoms in total. The van der Waals surface area contributed by atoms with Crippen LogP contribution in [0.15, 0.2) is 41.3 Å². The number of aromatic nitrogens is 1. The minimum absolute atomic E-state index is 0.00306. The highest BCUT2D eigenvalue weighted by molar-refractivity contribution is 7.91. The second kappa shape index (κ2) is 5.90. The number of carboxylic acids is 1. The zero-order chi connectivity index (χ0) is 17.5. The van der Waals surface area contributed by atoms with Crippen molar-refractivity contribution >= 4 is 21.6 Å². The molecule has 0 radical (unpaired) electrons. The second-order valence-corrected chi connectivity index (χ2v) is 8.01. The van der Waals surface area contributed by atoms with E-state index in [0.717, 1.165) is 0 Å². The van der Waals surface area contributed by atoms with E-state index < -0.39 is 21.7 Å². The molecule has 3 rings (SSSR count). The first-order valence-electron chi connectivity index (χ1n) is 7.65. The molecule has 24 heavy (non-hydrogen) atoms. The first-order valence-corrected chi connectivity index (χ1v) is 9.30. The molecule has 0 saturated carbocycles. The minimum atomic E-state index is -3.30. The Kier molecular flexibility index (Phi) is 4.04. The smallest absolute Gasteiger partial charge is 0.312 e. The van der Waals surface area contributed by atoms with Crippen molar-refractivity contribution in [3.05, 3.63) is 53.3 Å². The summed E-state index contributed by atoms with van der Waals surface area (Å²) >= 11 is 0. The first kappa shape index (κ1) is 16.4. The number of aliphatic carboxylic acids is 1. The average Bonchev–Trinajstić information content (AvgIpc) is 3.15. The molecule has 0 bridgehead atoms. The third-order valence-electron chi connectivity index (χ3n) is 4.40. The van der Waals surface area contributed by atoms with Gasteiger partial charge in [-0.2, -0.15) is 0 Å². The highest BCUT2D eigenvalue weighted by Crippen LogP contribution is 2.31. The predicted octanol–water partition coefficient (Wildman–Crippen LogP) is 2.08. The van der Waals surface area contributed by atoms with Gasteiger partial charge < -0.3 is 9.67 Å². The van der Waals surface area contributed by atoms with Gasteiger partial charge in [0.2, 0.25) is 5.78 Å². The molecule has 1 aliphatic rings. The lowest BCUT2D eigenvalue weighted by Gasteiger charge is -2.07. The SMILES string of the molecule is CCS(=O)(=O)c1ccc(C(=O)c2ccc3n2CCC3C(=O)O)cc1. The lowest BCUT2D eigenvalue weighted by atomic mass is 10.1. The van der Waals surface area contributed by atoms with Crippen molar-refractivity contribution in [2.75, 3.05) is 5.75 Å². The quantitative estimate of drug-likeness (QED) is 0.836. The van der Waals surface area contributed by atoms with Gasteiger partial charge in [0, 0.05) is 17.8 Å². The summed E-state index contributed by atoms with van der Waals surface area (Å²) in [6, 6.07) is 9.15. The number of nitrogens with zero attached hydrogens (tertiary/aromatic N) is 1. The molecule has 0 aliphatic carbocycles. The van der Waals surface area contributed by atoms with E-state index in [0.29, 0.717) is 29.9 Å². The number of ketones is 1. The highest BCUT2D eigenvalue weighted by Gasteiger charge is 2.31. The van der Waals surface area contributed by atoms with Crippen LogP contribution >= 0.6 is 0 Å². The minimum Gasteiger partial charge on any atom is -0.481 e. The Bertz CT molecular complexity index is 909. The zero-order valence-electron chi connectivity index (χ0n) is 13.1. The summed E-state index contributed by atoms with van der Waals surface area (Å²) in [5.74, 6) is -1.71. The Morgan fingerprint density at radius 1 is 1.17 bits per heavy atom. The summed E-state index contributed by atoms with van der Waals surface area (Å²) in [4.78, 5) is 24.1. The Hall–Kier alpha value is -2.41. The average molecular weight is 347 g/mol. The summed E-state index contributed by atoms with van der Waals surface area (Å²) in [5, 5.41) is 9.20. The Morgan fingerprint density at radius 3 is 2.42 bits per heavy atom. The van der Waals surface area contributed by atoms with E-state index in [-0.39, 0.29) is 16.4 Å². The van der Waals surface area contributed by atoms with Crippen molar-refractivity contribution in [2.45, 2.75) is 30.7 Å². The Balaban J connectivity index is 1.92. The number of carbonyl (C=O) groups is 2. The number of carboxylic acid groups (broad SMARTS) is 1. The largest absolute Gasteiger partial charge is 0.481 e. The molecular formula is C17H17NO5S. The van der Waals surface area contributed by atoms with Gasteiger partial charge in [0.15, 0.2) is 9.84 Å². The number of rotatable bonds is 5. The van der Waals surface area contributed by atoms with E-state index in [1.54, 1.807) is 23.6 Å². The van der Waals surface area contributed by atoms with E-state index >= 15 is 0 Å². The van der Waals surface area contributed by atoms with E-state index in [1.165, 1.54) is 24.3 Å². The molecule has 0 fully saturated rings. The molecule has 7 heteroatoms. The van der Waals surface area contributed by atoms with Gasteiger partial charge in [-0.05, 0) is 42.8 Å². The van der Waals surface area contributed by atoms with Gasteiger partial charge in [-0.15, -0.1) is 0 Å². The fraction of sp³-hybridized carbons (Fsp3) is 0.294. The fourth-order valence-corrected chi connectivity index (χ4v) is 3.90. The van der Waals surface area contributed by atoms with Gasteiger partial charge in [0.25, 0.3) is 0 Å². The van der Waals surface area contributed by atoms with Crippen LogP contribution in [0.5, 0.6) is 0 Å². The summed E-state index contributed by atoms with van der Waals surface area (Å²) in [5.41, 5.74) is 1.45. The van der Waals surface area contributed by atoms with Crippen LogP contribution < -0.4 is 0 Å². The van der Waals surface area contributed by atoms with E-state index in [2.05, 4.69) is 0 Å². The van der Waals surface area contributed by atoms with Gasteiger partial charge in [-0.1, -0.05) is 6.92 Å². The number of sulfone groups is 1. The molecule has 1 aliphatic heterocycles. The monoisotopic (exact) mass is 347 g/mol. The van der Waals surface area contributed by atoms with E-state index in [9.17, 15) is 23.1 Å². The summed E-state index contributed by atoms with van der Waals surface area (Å²) in [6.07, 6.45) is 0.472. The maximum Gasteiger partial charge on any atom is 0.312 e. The molecule has 0 saturated heterocycles. The molecule has 0 spiro atoms. The molecule has 1 aromatic heterocycles. The number of hydrogen-bond donors (Lipinski definition) is 1. The molecule has 2 aromatic rings. The zero-order valence-corrected chi connectivity index (χ0v) is 13.9. The maximum atomic E-state index is 12.7. The van der Waals surface area contributed by atoms with Crippen molar-refractivity contribution in [1.29, 1.82) is 0 Å². The summed E-state index contributed by atoms with van der Waals surface area (Å²) in [7, 11) is -3.30. The lowest BCUT2D eigenvalue weighted by Crippen LogP contribution is -2.10. The summed E-state index contributed by atoms with van der Waals surface area (Å²) < 4.78 is 25.4. The maximum absolute atomic E-state index is 12.7. The van der Waals surface area contributed by atoms with Crippen LogP contribution in [0.2, 0.25) is 0 Å². The molecule has 1 unspecified atom stereocenters. The van der Waals surface area contributed by atoms with Crippen LogP contribution in [0.25, 0.3) is 0 Å². The molecule has 1 N–H and O–H groups in total. The van der Waals surface area contributed by atoms with Gasteiger partial charge >= 0.3 is 5.97 Å². The van der Waals surface area contributed by atoms with Crippen molar-refractivity contribution in [2.24, 2.45) is 0 Å². The molecule has 0 amide bonds. The van der Waals surface area contributed by atoms with E-state index in [4.69, 9.17) is 0 Å². The normalized spacial score (nSPS) is 16.8. The summed E-state index contributed by atoms with van der Waals surface area (Å²) in [6.45, 7) is 2.06. The molecule has 2 heterocycles. The lowest BCUT2D eigenvalue weighted by molar-refractivity contribution is -0.138. The number of hydrogen-bond acceptors (Lipinski definition) is 4. The molecule has 126 valence electrons. The number of benzene rings is 1. The third-order valence-corrected chi connectivity index (χ3v) is 6.15. The Labute approximate surface area is 139 Å². The van der Waals surface area contributed by atoms with Gasteiger partial charge in [-0.25, -0.2) is 8.42 Å². The van der Waals surface area contributed by atoms with Crippen LogP contribution in [0.3, 0.4) is 0 Å². The number of carbonyl (C=O) groups excluding carboxylic acids is 1. The van der Waals surface area contributed by atoms with Crippen molar-refractivity contribution in [1.82, 2.24) is 4.57 Å². The van der Waals surface area contributed by atoms with Crippen molar-refractivity contribution < 1.29 is 23.1 Å². The predicted molar refractivity (Wildman–Crippen MR) is 87.0 cm³/mol. The van der Waals surface area contributed by atoms with Crippen LogP contribution in [-0.2, 0) is 21.2 Å². The highest BCUT2D eigenvalue weighted by atomic mass is 32.2. The van der Waals surface area contributed by atoms with Crippen molar-refractivity contribution in [3.8, 4) is 0 Å². The van der Waals surface area contributed by atoms with Crippen LogP contribution in [0.4, 0.5) is 0 Å². The molecule has 1 aromatic carbocycles.